The molecule has 0 aliphatic heterocycles. The maximum atomic E-state index is 6.11. The summed E-state index contributed by atoms with van der Waals surface area (Å²) in [5, 5.41) is 3.15. The fraction of sp³-hybridized carbons (Fsp3) is 0. The predicted octanol–water partition coefficient (Wildman–Crippen LogP) is 12.4. The smallest absolute Gasteiger partial charge is 0.235 e. The second kappa shape index (κ2) is 12.3. The summed E-state index contributed by atoms with van der Waals surface area (Å²) in [7, 11) is 0. The van der Waals surface area contributed by atoms with Gasteiger partial charge in [0.1, 0.15) is 11.1 Å². The molecule has 0 unspecified atom stereocenters. The first kappa shape index (κ1) is 29.7. The highest BCUT2D eigenvalue weighted by Gasteiger charge is 2.21. The van der Waals surface area contributed by atoms with Gasteiger partial charge in [-0.25, -0.2) is 9.97 Å². The molecule has 0 atom stereocenters. The third-order valence-corrected chi connectivity index (χ3v) is 9.61. The van der Waals surface area contributed by atoms with Gasteiger partial charge in [0.2, 0.25) is 5.95 Å². The van der Waals surface area contributed by atoms with Crippen molar-refractivity contribution in [1.82, 2.24) is 14.5 Å². The van der Waals surface area contributed by atoms with Gasteiger partial charge in [0, 0.05) is 50.3 Å². The SMILES string of the molecule is c1ccc(N(c2ccccc2)c2ccc3c(c2)c2cc(N(c4ccccc4)c4ccccc4)ccc2n3-c2ncc3oc4ccccc4c3n2)cc1. The summed E-state index contributed by atoms with van der Waals surface area (Å²) in [4.78, 5) is 14.6. The summed E-state index contributed by atoms with van der Waals surface area (Å²) in [6.07, 6.45) is 1.79. The largest absolute Gasteiger partial charge is 0.453 e. The summed E-state index contributed by atoms with van der Waals surface area (Å²) < 4.78 is 8.28. The summed E-state index contributed by atoms with van der Waals surface area (Å²) >= 11 is 0. The third kappa shape index (κ3) is 4.96. The van der Waals surface area contributed by atoms with E-state index in [2.05, 4.69) is 172 Å². The van der Waals surface area contributed by atoms with E-state index in [9.17, 15) is 0 Å². The van der Waals surface area contributed by atoms with Crippen molar-refractivity contribution in [1.29, 1.82) is 0 Å². The zero-order chi connectivity index (χ0) is 34.4. The number of fused-ring (bicyclic) bond motifs is 6. The van der Waals surface area contributed by atoms with E-state index in [0.717, 1.165) is 72.4 Å². The maximum absolute atomic E-state index is 6.11. The van der Waals surface area contributed by atoms with Crippen LogP contribution in [0.5, 0.6) is 0 Å². The molecule has 3 heterocycles. The number of para-hydroxylation sites is 5. The molecule has 0 spiro atoms. The second-order valence-corrected chi connectivity index (χ2v) is 12.7. The number of aromatic nitrogens is 3. The van der Waals surface area contributed by atoms with E-state index in [1.165, 1.54) is 0 Å². The monoisotopic (exact) mass is 669 g/mol. The normalized spacial score (nSPS) is 11.5. The van der Waals surface area contributed by atoms with Crippen LogP contribution in [-0.4, -0.2) is 14.5 Å². The molecule has 0 radical (unpaired) electrons. The number of furan rings is 1. The number of nitrogens with zero attached hydrogens (tertiary/aromatic N) is 5. The summed E-state index contributed by atoms with van der Waals surface area (Å²) in [5.74, 6) is 0.588. The lowest BCUT2D eigenvalue weighted by molar-refractivity contribution is 0.665. The van der Waals surface area contributed by atoms with Crippen molar-refractivity contribution < 1.29 is 4.42 Å². The van der Waals surface area contributed by atoms with Gasteiger partial charge in [-0.1, -0.05) is 84.9 Å². The van der Waals surface area contributed by atoms with E-state index in [0.29, 0.717) is 11.5 Å². The second-order valence-electron chi connectivity index (χ2n) is 12.7. The van der Waals surface area contributed by atoms with E-state index in [1.807, 2.05) is 24.3 Å². The first-order valence-corrected chi connectivity index (χ1v) is 17.3. The van der Waals surface area contributed by atoms with Crippen molar-refractivity contribution in [2.24, 2.45) is 0 Å². The number of anilines is 6. The van der Waals surface area contributed by atoms with Gasteiger partial charge in [-0.3, -0.25) is 4.57 Å². The highest BCUT2D eigenvalue weighted by molar-refractivity contribution is 6.12. The highest BCUT2D eigenvalue weighted by atomic mass is 16.3. The van der Waals surface area contributed by atoms with Crippen LogP contribution >= 0.6 is 0 Å². The van der Waals surface area contributed by atoms with Gasteiger partial charge in [0.05, 0.1) is 17.2 Å². The van der Waals surface area contributed by atoms with Crippen LogP contribution < -0.4 is 9.80 Å². The fourth-order valence-electron chi connectivity index (χ4n) is 7.30. The minimum atomic E-state index is 0.588. The van der Waals surface area contributed by atoms with Gasteiger partial charge >= 0.3 is 0 Å². The van der Waals surface area contributed by atoms with E-state index >= 15 is 0 Å². The minimum absolute atomic E-state index is 0.588. The highest BCUT2D eigenvalue weighted by Crippen LogP contribution is 2.42. The molecule has 0 amide bonds. The molecule has 0 saturated heterocycles. The van der Waals surface area contributed by atoms with E-state index < -0.39 is 0 Å². The van der Waals surface area contributed by atoms with Gasteiger partial charge in [0.15, 0.2) is 5.58 Å². The van der Waals surface area contributed by atoms with Crippen LogP contribution in [0.15, 0.2) is 193 Å². The molecule has 10 rings (SSSR count). The Bertz CT molecular complexity index is 2630. The third-order valence-electron chi connectivity index (χ3n) is 9.61. The Labute approximate surface area is 300 Å². The minimum Gasteiger partial charge on any atom is -0.453 e. The zero-order valence-electron chi connectivity index (χ0n) is 28.0. The van der Waals surface area contributed by atoms with Crippen molar-refractivity contribution in [2.45, 2.75) is 0 Å². The summed E-state index contributed by atoms with van der Waals surface area (Å²) in [5.41, 5.74) is 10.7. The summed E-state index contributed by atoms with van der Waals surface area (Å²) in [6, 6.07) is 63.4. The van der Waals surface area contributed by atoms with Crippen molar-refractivity contribution >= 4 is 78.0 Å². The number of benzene rings is 7. The molecule has 0 bridgehead atoms. The lowest BCUT2D eigenvalue weighted by atomic mass is 10.1. The first-order valence-electron chi connectivity index (χ1n) is 17.3. The predicted molar refractivity (Wildman–Crippen MR) is 213 cm³/mol. The topological polar surface area (TPSA) is 50.3 Å². The van der Waals surface area contributed by atoms with Crippen LogP contribution in [0.2, 0.25) is 0 Å². The molecule has 0 saturated carbocycles. The van der Waals surface area contributed by atoms with Crippen LogP contribution in [0.25, 0.3) is 49.8 Å². The molecule has 0 aliphatic carbocycles. The Morgan fingerprint density at radius 2 is 0.846 bits per heavy atom. The molecule has 7 aromatic carbocycles. The van der Waals surface area contributed by atoms with Crippen molar-refractivity contribution in [3.63, 3.8) is 0 Å². The molecule has 0 aliphatic rings. The van der Waals surface area contributed by atoms with Crippen molar-refractivity contribution in [3.05, 3.63) is 188 Å². The molecule has 10 aromatic rings. The molecule has 52 heavy (non-hydrogen) atoms. The molecule has 6 heteroatoms. The Balaban J connectivity index is 1.24. The lowest BCUT2D eigenvalue weighted by Gasteiger charge is -2.26. The van der Waals surface area contributed by atoms with E-state index in [4.69, 9.17) is 14.4 Å². The van der Waals surface area contributed by atoms with Crippen LogP contribution in [-0.2, 0) is 0 Å². The molecule has 246 valence electrons. The van der Waals surface area contributed by atoms with Gasteiger partial charge in [-0.05, 0) is 97.1 Å². The Hall–Kier alpha value is -7.18. The fourth-order valence-corrected chi connectivity index (χ4v) is 7.30. The number of hydrogen-bond acceptors (Lipinski definition) is 5. The van der Waals surface area contributed by atoms with Gasteiger partial charge in [0.25, 0.3) is 0 Å². The molecule has 0 fully saturated rings. The van der Waals surface area contributed by atoms with Crippen LogP contribution in [0.1, 0.15) is 0 Å². The Kier molecular flexibility index (Phi) is 7.03. The van der Waals surface area contributed by atoms with Crippen molar-refractivity contribution in [3.8, 4) is 5.95 Å². The van der Waals surface area contributed by atoms with Crippen LogP contribution in [0.4, 0.5) is 34.1 Å². The Morgan fingerprint density at radius 1 is 0.404 bits per heavy atom. The van der Waals surface area contributed by atoms with Gasteiger partial charge in [-0.2, -0.15) is 0 Å². The average molecular weight is 670 g/mol. The first-order chi connectivity index (χ1) is 25.8. The quantitative estimate of drug-likeness (QED) is 0.169. The number of hydrogen-bond donors (Lipinski definition) is 0. The molecular formula is C46H31N5O. The van der Waals surface area contributed by atoms with E-state index in [1.54, 1.807) is 6.20 Å². The Morgan fingerprint density at radius 3 is 1.33 bits per heavy atom. The molecule has 3 aromatic heterocycles. The maximum Gasteiger partial charge on any atom is 0.235 e. The van der Waals surface area contributed by atoms with Gasteiger partial charge in [-0.15, -0.1) is 0 Å². The lowest BCUT2D eigenvalue weighted by Crippen LogP contribution is -2.09. The van der Waals surface area contributed by atoms with Crippen LogP contribution in [0.3, 0.4) is 0 Å². The van der Waals surface area contributed by atoms with Gasteiger partial charge < -0.3 is 14.2 Å². The van der Waals surface area contributed by atoms with E-state index in [-0.39, 0.29) is 0 Å². The average Bonchev–Trinajstić information content (AvgIpc) is 3.74. The zero-order valence-corrected chi connectivity index (χ0v) is 28.0. The van der Waals surface area contributed by atoms with Crippen molar-refractivity contribution in [2.75, 3.05) is 9.80 Å². The molecule has 0 N–H and O–H groups in total. The number of rotatable bonds is 7. The molecular weight excluding hydrogens is 639 g/mol. The van der Waals surface area contributed by atoms with Crippen LogP contribution in [0, 0.1) is 0 Å². The molecule has 6 nitrogen and oxygen atoms in total. The summed E-state index contributed by atoms with van der Waals surface area (Å²) in [6.45, 7) is 0. The standard InChI is InChI=1S/C46H31N5O/c1-5-15-32(16-6-1)49(33-17-7-2-8-18-33)36-25-27-41-39(29-36)40-30-37(50(34-19-9-3-10-20-34)35-21-11-4-12-22-35)26-28-42(40)51(41)46-47-31-44-45(48-46)38-23-13-14-24-43(38)52-44/h1-31H.